The molecule has 1 unspecified atom stereocenters. The summed E-state index contributed by atoms with van der Waals surface area (Å²) < 4.78 is 2.06. The molecule has 0 aliphatic rings. The van der Waals surface area contributed by atoms with Crippen molar-refractivity contribution in [1.82, 2.24) is 14.9 Å². The van der Waals surface area contributed by atoms with E-state index in [4.69, 9.17) is 11.6 Å². The van der Waals surface area contributed by atoms with Gasteiger partial charge in [0.25, 0.3) is 0 Å². The third kappa shape index (κ3) is 4.67. The van der Waals surface area contributed by atoms with Gasteiger partial charge in [0.05, 0.1) is 0 Å². The number of halogens is 1. The molecule has 3 nitrogen and oxygen atoms in total. The Labute approximate surface area is 96.8 Å². The lowest BCUT2D eigenvalue weighted by molar-refractivity contribution is 0.507. The lowest BCUT2D eigenvalue weighted by atomic mass is 10.2. The SMILES string of the molecule is CC(CCCCl)NCCc1nccn1C. The Balaban J connectivity index is 2.13. The summed E-state index contributed by atoms with van der Waals surface area (Å²) in [6, 6.07) is 0.545. The number of alkyl halides is 1. The summed E-state index contributed by atoms with van der Waals surface area (Å²) in [5.74, 6) is 1.89. The first-order valence-corrected chi connectivity index (χ1v) is 6.03. The zero-order valence-corrected chi connectivity index (χ0v) is 10.3. The van der Waals surface area contributed by atoms with E-state index < -0.39 is 0 Å². The van der Waals surface area contributed by atoms with E-state index in [1.165, 1.54) is 0 Å². The molecule has 1 atom stereocenters. The number of nitrogens with one attached hydrogen (secondary N) is 1. The molecule has 0 spiro atoms. The second kappa shape index (κ2) is 6.85. The summed E-state index contributed by atoms with van der Waals surface area (Å²) in [7, 11) is 2.03. The molecule has 0 aliphatic heterocycles. The molecule has 0 saturated carbocycles. The maximum Gasteiger partial charge on any atom is 0.109 e. The van der Waals surface area contributed by atoms with Gasteiger partial charge in [0.1, 0.15) is 5.82 Å². The molecule has 0 amide bonds. The van der Waals surface area contributed by atoms with Gasteiger partial charge in [0, 0.05) is 44.3 Å². The maximum atomic E-state index is 5.64. The molecule has 1 heterocycles. The first-order chi connectivity index (χ1) is 7.24. The van der Waals surface area contributed by atoms with Gasteiger partial charge in [-0.2, -0.15) is 0 Å². The van der Waals surface area contributed by atoms with Crippen LogP contribution >= 0.6 is 11.6 Å². The molecule has 1 aromatic heterocycles. The highest BCUT2D eigenvalue weighted by atomic mass is 35.5. The molecule has 4 heteroatoms. The Morgan fingerprint density at radius 3 is 3.00 bits per heavy atom. The molecule has 86 valence electrons. The van der Waals surface area contributed by atoms with Crippen LogP contribution in [-0.4, -0.2) is 28.0 Å². The van der Waals surface area contributed by atoms with E-state index in [1.54, 1.807) is 0 Å². The monoisotopic (exact) mass is 229 g/mol. The third-order valence-corrected chi connectivity index (χ3v) is 2.80. The third-order valence-electron chi connectivity index (χ3n) is 2.53. The smallest absolute Gasteiger partial charge is 0.109 e. The van der Waals surface area contributed by atoms with E-state index in [0.29, 0.717) is 6.04 Å². The van der Waals surface area contributed by atoms with Crippen LogP contribution in [0.1, 0.15) is 25.6 Å². The molecular weight excluding hydrogens is 210 g/mol. The molecule has 1 aromatic rings. The van der Waals surface area contributed by atoms with Crippen LogP contribution in [0, 0.1) is 0 Å². The minimum absolute atomic E-state index is 0.545. The highest BCUT2D eigenvalue weighted by Crippen LogP contribution is 1.99. The lowest BCUT2D eigenvalue weighted by Crippen LogP contribution is -2.28. The number of aryl methyl sites for hydroxylation is 1. The predicted octanol–water partition coefficient (Wildman–Crippen LogP) is 1.96. The van der Waals surface area contributed by atoms with E-state index >= 15 is 0 Å². The average molecular weight is 230 g/mol. The maximum absolute atomic E-state index is 5.64. The van der Waals surface area contributed by atoms with Crippen LogP contribution in [0.25, 0.3) is 0 Å². The van der Waals surface area contributed by atoms with Crippen LogP contribution in [0.2, 0.25) is 0 Å². The number of aromatic nitrogens is 2. The quantitative estimate of drug-likeness (QED) is 0.725. The topological polar surface area (TPSA) is 29.9 Å². The van der Waals surface area contributed by atoms with Crippen LogP contribution in [-0.2, 0) is 13.5 Å². The van der Waals surface area contributed by atoms with Gasteiger partial charge in [0.15, 0.2) is 0 Å². The molecule has 0 saturated heterocycles. The van der Waals surface area contributed by atoms with Crippen molar-refractivity contribution in [1.29, 1.82) is 0 Å². The molecule has 1 rings (SSSR count). The summed E-state index contributed by atoms with van der Waals surface area (Å²) in [6.45, 7) is 3.18. The van der Waals surface area contributed by atoms with Gasteiger partial charge in [-0.15, -0.1) is 11.6 Å². The van der Waals surface area contributed by atoms with E-state index in [0.717, 1.165) is 37.5 Å². The van der Waals surface area contributed by atoms with E-state index in [1.807, 2.05) is 19.4 Å². The summed E-state index contributed by atoms with van der Waals surface area (Å²) in [5, 5.41) is 3.47. The van der Waals surface area contributed by atoms with Crippen molar-refractivity contribution < 1.29 is 0 Å². The summed E-state index contributed by atoms with van der Waals surface area (Å²) in [5.41, 5.74) is 0. The fourth-order valence-corrected chi connectivity index (χ4v) is 1.71. The van der Waals surface area contributed by atoms with Gasteiger partial charge < -0.3 is 9.88 Å². The largest absolute Gasteiger partial charge is 0.338 e. The minimum atomic E-state index is 0.545. The zero-order valence-electron chi connectivity index (χ0n) is 9.54. The standard InChI is InChI=1S/C11H20ClN3/c1-10(4-3-6-12)13-7-5-11-14-8-9-15(11)2/h8-10,13H,3-7H2,1-2H3. The van der Waals surface area contributed by atoms with Gasteiger partial charge >= 0.3 is 0 Å². The molecule has 1 N–H and O–H groups in total. The summed E-state index contributed by atoms with van der Waals surface area (Å²) in [4.78, 5) is 4.28. The normalized spacial score (nSPS) is 13.0. The van der Waals surface area contributed by atoms with Crippen molar-refractivity contribution in [2.24, 2.45) is 7.05 Å². The predicted molar refractivity (Wildman–Crippen MR) is 64.3 cm³/mol. The fraction of sp³-hybridized carbons (Fsp3) is 0.727. The number of imidazole rings is 1. The fourth-order valence-electron chi connectivity index (χ4n) is 1.55. The van der Waals surface area contributed by atoms with Crippen molar-refractivity contribution in [3.63, 3.8) is 0 Å². The van der Waals surface area contributed by atoms with Crippen LogP contribution in [0.15, 0.2) is 12.4 Å². The second-order valence-corrected chi connectivity index (χ2v) is 4.27. The number of nitrogens with zero attached hydrogens (tertiary/aromatic N) is 2. The Hall–Kier alpha value is -0.540. The van der Waals surface area contributed by atoms with E-state index in [2.05, 4.69) is 21.8 Å². The number of rotatable bonds is 7. The minimum Gasteiger partial charge on any atom is -0.338 e. The van der Waals surface area contributed by atoms with Crippen molar-refractivity contribution in [2.75, 3.05) is 12.4 Å². The van der Waals surface area contributed by atoms with Gasteiger partial charge in [-0.05, 0) is 19.8 Å². The Morgan fingerprint density at radius 2 is 2.40 bits per heavy atom. The van der Waals surface area contributed by atoms with Crippen molar-refractivity contribution >= 4 is 11.6 Å². The Bertz CT molecular complexity index is 273. The second-order valence-electron chi connectivity index (χ2n) is 3.89. The summed E-state index contributed by atoms with van der Waals surface area (Å²) in [6.07, 6.45) is 7.02. The Kier molecular flexibility index (Phi) is 5.73. The molecule has 0 aromatic carbocycles. The molecule has 0 bridgehead atoms. The lowest BCUT2D eigenvalue weighted by Gasteiger charge is -2.12. The summed E-state index contributed by atoms with van der Waals surface area (Å²) >= 11 is 5.64. The molecular formula is C11H20ClN3. The number of hydrogen-bond donors (Lipinski definition) is 1. The Morgan fingerprint density at radius 1 is 1.60 bits per heavy atom. The molecule has 15 heavy (non-hydrogen) atoms. The number of hydrogen-bond acceptors (Lipinski definition) is 2. The molecule has 0 fully saturated rings. The van der Waals surface area contributed by atoms with Crippen molar-refractivity contribution in [3.8, 4) is 0 Å². The van der Waals surface area contributed by atoms with Gasteiger partial charge in [-0.25, -0.2) is 4.98 Å². The van der Waals surface area contributed by atoms with E-state index in [-0.39, 0.29) is 0 Å². The van der Waals surface area contributed by atoms with Gasteiger partial charge in [0.2, 0.25) is 0 Å². The van der Waals surface area contributed by atoms with Crippen molar-refractivity contribution in [2.45, 2.75) is 32.2 Å². The van der Waals surface area contributed by atoms with Crippen LogP contribution in [0.3, 0.4) is 0 Å². The highest BCUT2D eigenvalue weighted by molar-refractivity contribution is 6.17. The van der Waals surface area contributed by atoms with Gasteiger partial charge in [-0.1, -0.05) is 0 Å². The first-order valence-electron chi connectivity index (χ1n) is 5.49. The van der Waals surface area contributed by atoms with E-state index in [9.17, 15) is 0 Å². The molecule has 0 radical (unpaired) electrons. The highest BCUT2D eigenvalue weighted by Gasteiger charge is 2.02. The van der Waals surface area contributed by atoms with Crippen molar-refractivity contribution in [3.05, 3.63) is 18.2 Å². The van der Waals surface area contributed by atoms with Crippen LogP contribution in [0.5, 0.6) is 0 Å². The molecule has 0 aliphatic carbocycles. The first kappa shape index (κ1) is 12.5. The van der Waals surface area contributed by atoms with Gasteiger partial charge in [-0.3, -0.25) is 0 Å². The van der Waals surface area contributed by atoms with Crippen LogP contribution < -0.4 is 5.32 Å². The zero-order chi connectivity index (χ0) is 11.1. The van der Waals surface area contributed by atoms with Crippen LogP contribution in [0.4, 0.5) is 0 Å². The average Bonchev–Trinajstić information content (AvgIpc) is 2.61.